The molecular weight excluding hydrogens is 394 g/mol. The lowest BCUT2D eigenvalue weighted by Crippen LogP contribution is -2.16. The van der Waals surface area contributed by atoms with Crippen LogP contribution >= 0.6 is 0 Å². The van der Waals surface area contributed by atoms with Crippen molar-refractivity contribution in [3.05, 3.63) is 77.9 Å². The Bertz CT molecular complexity index is 1140. The van der Waals surface area contributed by atoms with Crippen LogP contribution in [0.2, 0.25) is 0 Å². The van der Waals surface area contributed by atoms with Crippen molar-refractivity contribution >= 4 is 12.0 Å². The molecule has 0 atom stereocenters. The maximum atomic E-state index is 12.2. The summed E-state index contributed by atoms with van der Waals surface area (Å²) < 4.78 is 21.9. The molecule has 0 spiro atoms. The summed E-state index contributed by atoms with van der Waals surface area (Å²) in [5.74, 6) is 1.63. The highest BCUT2D eigenvalue weighted by Crippen LogP contribution is 2.40. The number of benzene rings is 3. The lowest BCUT2D eigenvalue weighted by atomic mass is 10.0. The zero-order valence-electron chi connectivity index (χ0n) is 16.8. The molecule has 0 saturated carbocycles. The molecule has 6 heteroatoms. The molecule has 3 aromatic carbocycles. The maximum Gasteiger partial charge on any atom is 0.336 e. The molecule has 6 nitrogen and oxygen atoms in total. The van der Waals surface area contributed by atoms with E-state index in [0.29, 0.717) is 41.8 Å². The number of nitriles is 1. The molecule has 0 fully saturated rings. The Balaban J connectivity index is 1.43. The van der Waals surface area contributed by atoms with E-state index in [4.69, 9.17) is 24.2 Å². The molecule has 154 valence electrons. The Morgan fingerprint density at radius 2 is 1.68 bits per heavy atom. The van der Waals surface area contributed by atoms with Gasteiger partial charge < -0.3 is 18.9 Å². The molecule has 4 rings (SSSR count). The molecule has 1 aliphatic heterocycles. The lowest BCUT2D eigenvalue weighted by Gasteiger charge is -2.20. The van der Waals surface area contributed by atoms with E-state index >= 15 is 0 Å². The van der Waals surface area contributed by atoms with Crippen LogP contribution in [0.4, 0.5) is 0 Å². The van der Waals surface area contributed by atoms with Crippen LogP contribution in [0.3, 0.4) is 0 Å². The van der Waals surface area contributed by atoms with Crippen molar-refractivity contribution in [3.8, 4) is 40.2 Å². The highest BCUT2D eigenvalue weighted by atomic mass is 16.6. The number of hydrogen-bond acceptors (Lipinski definition) is 6. The maximum absolute atomic E-state index is 12.2. The van der Waals surface area contributed by atoms with Crippen LogP contribution in [-0.4, -0.2) is 26.3 Å². The predicted molar refractivity (Wildman–Crippen MR) is 115 cm³/mol. The van der Waals surface area contributed by atoms with Gasteiger partial charge in [-0.2, -0.15) is 5.26 Å². The van der Waals surface area contributed by atoms with Gasteiger partial charge in [-0.3, -0.25) is 0 Å². The number of esters is 1. The first-order chi connectivity index (χ1) is 15.2. The minimum atomic E-state index is -0.500. The summed E-state index contributed by atoms with van der Waals surface area (Å²) in [6.45, 7) is 0.929. The molecule has 0 unspecified atom stereocenters. The fourth-order valence-corrected chi connectivity index (χ4v) is 3.16. The van der Waals surface area contributed by atoms with Gasteiger partial charge in [-0.25, -0.2) is 4.79 Å². The minimum Gasteiger partial charge on any atom is -0.493 e. The predicted octanol–water partition coefficient (Wildman–Crippen LogP) is 4.62. The van der Waals surface area contributed by atoms with Crippen molar-refractivity contribution in [1.29, 1.82) is 5.26 Å². The standard InChI is InChI=1S/C25H19NO5/c1-28-22-14-18(15-23-25(22)30-13-12-29-23)4-11-24(27)31-21-9-7-20(8-10-21)19-5-2-17(16-26)3-6-19/h2-11,14-15H,12-13H2,1H3/b11-4+. The van der Waals surface area contributed by atoms with Gasteiger partial charge in [0.15, 0.2) is 11.5 Å². The van der Waals surface area contributed by atoms with Gasteiger partial charge in [0, 0.05) is 6.08 Å². The van der Waals surface area contributed by atoms with E-state index in [0.717, 1.165) is 16.7 Å². The molecule has 1 aliphatic rings. The minimum absolute atomic E-state index is 0.437. The molecule has 0 amide bonds. The van der Waals surface area contributed by atoms with Crippen LogP contribution in [0, 0.1) is 11.3 Å². The smallest absolute Gasteiger partial charge is 0.336 e. The first kappa shape index (κ1) is 20.0. The van der Waals surface area contributed by atoms with Crippen LogP contribution in [0.5, 0.6) is 23.0 Å². The normalized spacial score (nSPS) is 12.3. The summed E-state index contributed by atoms with van der Waals surface area (Å²) in [6.07, 6.45) is 2.98. The first-order valence-corrected chi connectivity index (χ1v) is 9.64. The van der Waals surface area contributed by atoms with Crippen molar-refractivity contribution in [2.75, 3.05) is 20.3 Å². The van der Waals surface area contributed by atoms with E-state index in [1.54, 1.807) is 49.6 Å². The van der Waals surface area contributed by atoms with Gasteiger partial charge >= 0.3 is 5.97 Å². The van der Waals surface area contributed by atoms with E-state index in [1.165, 1.54) is 6.08 Å². The molecule has 0 aromatic heterocycles. The molecule has 3 aromatic rings. The summed E-state index contributed by atoms with van der Waals surface area (Å²) in [7, 11) is 1.55. The lowest BCUT2D eigenvalue weighted by molar-refractivity contribution is -0.128. The fraction of sp³-hybridized carbons (Fsp3) is 0.120. The molecular formula is C25H19NO5. The van der Waals surface area contributed by atoms with Gasteiger partial charge in [0.05, 0.1) is 18.7 Å². The van der Waals surface area contributed by atoms with Gasteiger partial charge in [-0.1, -0.05) is 24.3 Å². The van der Waals surface area contributed by atoms with Crippen LogP contribution in [0.1, 0.15) is 11.1 Å². The number of carbonyl (C=O) groups is 1. The number of carbonyl (C=O) groups excluding carboxylic acids is 1. The van der Waals surface area contributed by atoms with E-state index in [-0.39, 0.29) is 0 Å². The van der Waals surface area contributed by atoms with Crippen molar-refractivity contribution in [1.82, 2.24) is 0 Å². The van der Waals surface area contributed by atoms with Gasteiger partial charge in [-0.15, -0.1) is 0 Å². The largest absolute Gasteiger partial charge is 0.493 e. The van der Waals surface area contributed by atoms with E-state index in [2.05, 4.69) is 6.07 Å². The van der Waals surface area contributed by atoms with Crippen LogP contribution in [0.15, 0.2) is 66.7 Å². The SMILES string of the molecule is COc1cc(/C=C/C(=O)Oc2ccc(-c3ccc(C#N)cc3)cc2)cc2c1OCCO2. The van der Waals surface area contributed by atoms with E-state index in [1.807, 2.05) is 24.3 Å². The van der Waals surface area contributed by atoms with Crippen LogP contribution < -0.4 is 18.9 Å². The molecule has 0 aliphatic carbocycles. The number of rotatable bonds is 5. The monoisotopic (exact) mass is 413 g/mol. The van der Waals surface area contributed by atoms with Gasteiger partial charge in [0.1, 0.15) is 19.0 Å². The third-order valence-corrected chi connectivity index (χ3v) is 4.68. The number of fused-ring (bicyclic) bond motifs is 1. The van der Waals surface area contributed by atoms with Crippen molar-refractivity contribution in [2.24, 2.45) is 0 Å². The molecule has 0 bridgehead atoms. The van der Waals surface area contributed by atoms with E-state index < -0.39 is 5.97 Å². The topological polar surface area (TPSA) is 77.8 Å². The van der Waals surface area contributed by atoms with E-state index in [9.17, 15) is 4.79 Å². The number of methoxy groups -OCH3 is 1. The highest BCUT2D eigenvalue weighted by molar-refractivity contribution is 5.89. The number of nitrogens with zero attached hydrogens (tertiary/aromatic N) is 1. The second kappa shape index (κ2) is 9.06. The number of hydrogen-bond donors (Lipinski definition) is 0. The molecule has 1 heterocycles. The average molecular weight is 413 g/mol. The molecule has 0 saturated heterocycles. The summed E-state index contributed by atoms with van der Waals surface area (Å²) in [5.41, 5.74) is 3.28. The third kappa shape index (κ3) is 4.68. The van der Waals surface area contributed by atoms with Crippen LogP contribution in [0.25, 0.3) is 17.2 Å². The van der Waals surface area contributed by atoms with Gasteiger partial charge in [-0.05, 0) is 59.2 Å². The van der Waals surface area contributed by atoms with Crippen LogP contribution in [-0.2, 0) is 4.79 Å². The zero-order valence-corrected chi connectivity index (χ0v) is 16.8. The van der Waals surface area contributed by atoms with Gasteiger partial charge in [0.25, 0.3) is 0 Å². The molecule has 0 N–H and O–H groups in total. The summed E-state index contributed by atoms with van der Waals surface area (Å²) in [6, 6.07) is 20.1. The third-order valence-electron chi connectivity index (χ3n) is 4.68. The Hall–Kier alpha value is -4.24. The molecule has 0 radical (unpaired) electrons. The molecule has 31 heavy (non-hydrogen) atoms. The number of ether oxygens (including phenoxy) is 4. The summed E-state index contributed by atoms with van der Waals surface area (Å²) in [5, 5.41) is 8.89. The quantitative estimate of drug-likeness (QED) is 0.345. The Morgan fingerprint density at radius 1 is 1.00 bits per heavy atom. The Labute approximate surface area is 179 Å². The van der Waals surface area contributed by atoms with Crippen molar-refractivity contribution in [3.63, 3.8) is 0 Å². The highest BCUT2D eigenvalue weighted by Gasteiger charge is 2.17. The summed E-state index contributed by atoms with van der Waals surface area (Å²) >= 11 is 0. The Morgan fingerprint density at radius 3 is 2.35 bits per heavy atom. The zero-order chi connectivity index (χ0) is 21.6. The second-order valence-corrected chi connectivity index (χ2v) is 6.72. The first-order valence-electron chi connectivity index (χ1n) is 9.64. The van der Waals surface area contributed by atoms with Gasteiger partial charge in [0.2, 0.25) is 5.75 Å². The second-order valence-electron chi connectivity index (χ2n) is 6.72. The van der Waals surface area contributed by atoms with Crippen molar-refractivity contribution < 1.29 is 23.7 Å². The average Bonchev–Trinajstić information content (AvgIpc) is 2.82. The fourth-order valence-electron chi connectivity index (χ4n) is 3.16. The Kier molecular flexibility index (Phi) is 5.86. The van der Waals surface area contributed by atoms with Crippen molar-refractivity contribution in [2.45, 2.75) is 0 Å². The summed E-state index contributed by atoms with van der Waals surface area (Å²) in [4.78, 5) is 12.2.